The Labute approximate surface area is 145 Å². The van der Waals surface area contributed by atoms with Gasteiger partial charge in [-0.15, -0.1) is 0 Å². The summed E-state index contributed by atoms with van der Waals surface area (Å²) < 4.78 is 5.43. The molecule has 2 N–H and O–H groups in total. The maximum absolute atomic E-state index is 12.2. The average molecular weight is 331 g/mol. The average Bonchev–Trinajstić information content (AvgIpc) is 2.98. The number of hydrogen-bond acceptors (Lipinski definition) is 4. The Hall–Kier alpha value is -2.22. The van der Waals surface area contributed by atoms with Crippen molar-refractivity contribution >= 4 is 11.8 Å². The van der Waals surface area contributed by atoms with Crippen LogP contribution in [0.2, 0.25) is 0 Å². The molecule has 1 amide bonds. The summed E-state index contributed by atoms with van der Waals surface area (Å²) in [7, 11) is 0. The summed E-state index contributed by atoms with van der Waals surface area (Å²) in [6.45, 7) is 12.1. The number of aromatic nitrogens is 1. The Bertz CT molecular complexity index is 624. The number of aryl methyl sites for hydroxylation is 1. The smallest absolute Gasteiger partial charge is 0.411 e. The van der Waals surface area contributed by atoms with Gasteiger partial charge in [-0.25, -0.2) is 4.79 Å². The van der Waals surface area contributed by atoms with E-state index in [9.17, 15) is 4.79 Å². The second kappa shape index (κ2) is 8.58. The van der Waals surface area contributed by atoms with Gasteiger partial charge in [0.15, 0.2) is 0 Å². The van der Waals surface area contributed by atoms with Crippen molar-refractivity contribution in [2.24, 2.45) is 0 Å². The fourth-order valence-corrected chi connectivity index (χ4v) is 2.30. The van der Waals surface area contributed by atoms with Gasteiger partial charge in [-0.05, 0) is 46.6 Å². The number of anilines is 1. The molecule has 0 radical (unpaired) electrons. The van der Waals surface area contributed by atoms with Gasteiger partial charge in [0.25, 0.3) is 0 Å². The maximum atomic E-state index is 12.2. The van der Waals surface area contributed by atoms with Crippen LogP contribution in [-0.2, 0) is 4.74 Å². The molecular weight excluding hydrogens is 302 g/mol. The number of hydrogen-bond donors (Lipinski definition) is 1. The number of pyridine rings is 1. The molecule has 0 saturated carbocycles. The van der Waals surface area contributed by atoms with Crippen LogP contribution >= 0.6 is 0 Å². The summed E-state index contributed by atoms with van der Waals surface area (Å²) in [5.41, 5.74) is 7.59. The molecule has 1 fully saturated rings. The van der Waals surface area contributed by atoms with E-state index in [1.165, 1.54) is 0 Å². The quantitative estimate of drug-likeness (QED) is 0.735. The lowest BCUT2D eigenvalue weighted by Gasteiger charge is -2.26. The number of nitrogens with two attached hydrogens (primary N) is 1. The van der Waals surface area contributed by atoms with E-state index in [1.54, 1.807) is 17.2 Å². The summed E-state index contributed by atoms with van der Waals surface area (Å²) >= 11 is 0. The van der Waals surface area contributed by atoms with Crippen molar-refractivity contribution in [1.82, 2.24) is 9.88 Å². The van der Waals surface area contributed by atoms with Crippen molar-refractivity contribution in [1.29, 1.82) is 0 Å². The topological polar surface area (TPSA) is 68.5 Å². The predicted octanol–water partition coefficient (Wildman–Crippen LogP) is 3.75. The van der Waals surface area contributed by atoms with Crippen LogP contribution in [0.25, 0.3) is 0 Å². The first-order chi connectivity index (χ1) is 11.3. The highest BCUT2D eigenvalue weighted by atomic mass is 16.6. The molecule has 1 aromatic rings. The minimum atomic E-state index is -0.496. The predicted molar refractivity (Wildman–Crippen MR) is 97.6 cm³/mol. The van der Waals surface area contributed by atoms with Gasteiger partial charge in [0, 0.05) is 12.7 Å². The van der Waals surface area contributed by atoms with Crippen molar-refractivity contribution in [3.63, 3.8) is 0 Å². The Morgan fingerprint density at radius 3 is 2.71 bits per heavy atom. The van der Waals surface area contributed by atoms with Gasteiger partial charge < -0.3 is 10.5 Å². The third kappa shape index (κ3) is 5.45. The minimum Gasteiger partial charge on any atom is -0.444 e. The van der Waals surface area contributed by atoms with E-state index in [0.717, 1.165) is 24.1 Å². The monoisotopic (exact) mass is 331 g/mol. The summed E-state index contributed by atoms with van der Waals surface area (Å²) in [6, 6.07) is 1.67. The Kier molecular flexibility index (Phi) is 7.09. The second-order valence-corrected chi connectivity index (χ2v) is 6.46. The summed E-state index contributed by atoms with van der Waals surface area (Å²) in [5.74, 6) is 6.23. The maximum Gasteiger partial charge on any atom is 0.411 e. The molecule has 0 spiro atoms. The first-order valence-corrected chi connectivity index (χ1v) is 8.50. The van der Waals surface area contributed by atoms with Gasteiger partial charge in [-0.1, -0.05) is 25.7 Å². The van der Waals surface area contributed by atoms with Crippen molar-refractivity contribution in [2.45, 2.75) is 66.0 Å². The van der Waals surface area contributed by atoms with E-state index in [4.69, 9.17) is 10.5 Å². The number of rotatable bonds is 0. The second-order valence-electron chi connectivity index (χ2n) is 6.46. The number of nitrogen functional groups attached to an aromatic ring is 1. The molecule has 2 heterocycles. The molecular formula is C19H29N3O2. The van der Waals surface area contributed by atoms with Crippen molar-refractivity contribution in [3.05, 3.63) is 23.5 Å². The molecule has 2 rings (SSSR count). The third-order valence-electron chi connectivity index (χ3n) is 3.44. The molecule has 132 valence electrons. The van der Waals surface area contributed by atoms with Gasteiger partial charge in [-0.3, -0.25) is 9.88 Å². The zero-order valence-electron chi connectivity index (χ0n) is 15.6. The summed E-state index contributed by atoms with van der Waals surface area (Å²) in [6.07, 6.45) is 3.18. The fourth-order valence-electron chi connectivity index (χ4n) is 2.30. The highest BCUT2D eigenvalue weighted by molar-refractivity contribution is 5.69. The van der Waals surface area contributed by atoms with Crippen LogP contribution in [0.4, 0.5) is 10.5 Å². The standard InChI is InChI=1S/C17H23N3O2.C2H6/c1-12-15(18)13(9-10-19-12)7-8-14-6-5-11-20(14)16(21)22-17(2,3)4;1-2/h9-10,14H,5-6,11,18H2,1-4H3;1-2H3/t14-;/m0./s1. The molecule has 1 aromatic heterocycles. The van der Waals surface area contributed by atoms with Crippen molar-refractivity contribution < 1.29 is 9.53 Å². The van der Waals surface area contributed by atoms with E-state index in [0.29, 0.717) is 12.2 Å². The fraction of sp³-hybridized carbons (Fsp3) is 0.579. The van der Waals surface area contributed by atoms with Crippen molar-refractivity contribution in [2.75, 3.05) is 12.3 Å². The van der Waals surface area contributed by atoms with Gasteiger partial charge in [-0.2, -0.15) is 0 Å². The summed E-state index contributed by atoms with van der Waals surface area (Å²) in [4.78, 5) is 18.0. The van der Waals surface area contributed by atoms with E-state index >= 15 is 0 Å². The molecule has 0 aromatic carbocycles. The van der Waals surface area contributed by atoms with Crippen molar-refractivity contribution in [3.8, 4) is 11.8 Å². The number of ether oxygens (including phenoxy) is 1. The SMILES string of the molecule is CC.Cc1nccc(C#C[C@@H]2CCCN2C(=O)OC(C)(C)C)c1N. The number of nitrogens with zero attached hydrogens (tertiary/aromatic N) is 2. The zero-order chi connectivity index (χ0) is 18.3. The normalized spacial score (nSPS) is 16.6. The first-order valence-electron chi connectivity index (χ1n) is 8.50. The van der Waals surface area contributed by atoms with Crippen LogP contribution in [0.5, 0.6) is 0 Å². The lowest BCUT2D eigenvalue weighted by atomic mass is 10.1. The number of carbonyl (C=O) groups is 1. The lowest BCUT2D eigenvalue weighted by Crippen LogP contribution is -2.39. The van der Waals surface area contributed by atoms with Gasteiger partial charge in [0.1, 0.15) is 5.60 Å². The highest BCUT2D eigenvalue weighted by Crippen LogP contribution is 2.21. The molecule has 1 atom stereocenters. The molecule has 0 aliphatic carbocycles. The molecule has 1 aliphatic rings. The van der Waals surface area contributed by atoms with E-state index in [2.05, 4.69) is 16.8 Å². The van der Waals surface area contributed by atoms with Gasteiger partial charge in [0.05, 0.1) is 23.0 Å². The van der Waals surface area contributed by atoms with Gasteiger partial charge >= 0.3 is 6.09 Å². The molecule has 1 saturated heterocycles. The number of likely N-dealkylation sites (tertiary alicyclic amines) is 1. The molecule has 24 heavy (non-hydrogen) atoms. The van der Waals surface area contributed by atoms with E-state index in [-0.39, 0.29) is 12.1 Å². The largest absolute Gasteiger partial charge is 0.444 e. The highest BCUT2D eigenvalue weighted by Gasteiger charge is 2.31. The first kappa shape index (κ1) is 19.8. The van der Waals surface area contributed by atoms with E-state index in [1.807, 2.05) is 41.5 Å². The molecule has 1 aliphatic heterocycles. The zero-order valence-corrected chi connectivity index (χ0v) is 15.6. The van der Waals surface area contributed by atoms with Crippen LogP contribution < -0.4 is 5.73 Å². The van der Waals surface area contributed by atoms with Crippen LogP contribution in [0.15, 0.2) is 12.3 Å². The Morgan fingerprint density at radius 1 is 1.42 bits per heavy atom. The van der Waals surface area contributed by atoms with Crippen LogP contribution in [-0.4, -0.2) is 34.2 Å². The third-order valence-corrected chi connectivity index (χ3v) is 3.44. The Balaban J connectivity index is 0.00000139. The number of carbonyl (C=O) groups excluding carboxylic acids is 1. The van der Waals surface area contributed by atoms with Crippen LogP contribution in [0.1, 0.15) is 58.7 Å². The molecule has 5 nitrogen and oxygen atoms in total. The Morgan fingerprint density at radius 2 is 2.08 bits per heavy atom. The van der Waals surface area contributed by atoms with E-state index < -0.39 is 5.60 Å². The molecule has 0 bridgehead atoms. The molecule has 5 heteroatoms. The van der Waals surface area contributed by atoms with Crippen LogP contribution in [0.3, 0.4) is 0 Å². The number of amides is 1. The lowest BCUT2D eigenvalue weighted by molar-refractivity contribution is 0.0261. The summed E-state index contributed by atoms with van der Waals surface area (Å²) in [5, 5.41) is 0. The van der Waals surface area contributed by atoms with Gasteiger partial charge in [0.2, 0.25) is 0 Å². The minimum absolute atomic E-state index is 0.122. The molecule has 0 unspecified atom stereocenters. The van der Waals surface area contributed by atoms with Crippen LogP contribution in [0, 0.1) is 18.8 Å².